The zero-order valence-electron chi connectivity index (χ0n) is 17.2. The topological polar surface area (TPSA) is 92.8 Å². The summed E-state index contributed by atoms with van der Waals surface area (Å²) >= 11 is 6.14. The molecule has 32 heavy (non-hydrogen) atoms. The molecule has 3 aromatic carbocycles. The molecule has 0 unspecified atom stereocenters. The Morgan fingerprint density at radius 2 is 1.59 bits per heavy atom. The van der Waals surface area contributed by atoms with Gasteiger partial charge >= 0.3 is 5.97 Å². The monoisotopic (exact) mass is 472 g/mol. The van der Waals surface area contributed by atoms with E-state index in [1.165, 1.54) is 30.3 Å². The highest BCUT2D eigenvalue weighted by molar-refractivity contribution is 7.92. The number of hydrogen-bond acceptors (Lipinski definition) is 5. The minimum atomic E-state index is -3.99. The van der Waals surface area contributed by atoms with Crippen molar-refractivity contribution >= 4 is 44.9 Å². The Morgan fingerprint density at radius 3 is 2.19 bits per heavy atom. The minimum Gasteiger partial charge on any atom is -0.462 e. The number of nitrogens with zero attached hydrogens (tertiary/aromatic N) is 1. The number of halogens is 1. The van der Waals surface area contributed by atoms with Gasteiger partial charge in [0, 0.05) is 5.69 Å². The van der Waals surface area contributed by atoms with Gasteiger partial charge in [-0.05, 0) is 49.4 Å². The Bertz CT molecular complexity index is 1200. The van der Waals surface area contributed by atoms with E-state index in [2.05, 4.69) is 5.32 Å². The Labute approximate surface area is 191 Å². The van der Waals surface area contributed by atoms with Gasteiger partial charge in [-0.15, -0.1) is 0 Å². The van der Waals surface area contributed by atoms with E-state index in [0.717, 1.165) is 4.31 Å². The van der Waals surface area contributed by atoms with E-state index in [-0.39, 0.29) is 22.1 Å². The summed E-state index contributed by atoms with van der Waals surface area (Å²) in [6, 6.07) is 20.6. The second-order valence-corrected chi connectivity index (χ2v) is 8.89. The second kappa shape index (κ2) is 10.3. The van der Waals surface area contributed by atoms with Crippen LogP contribution in [0.2, 0.25) is 5.02 Å². The molecule has 0 saturated carbocycles. The van der Waals surface area contributed by atoms with Gasteiger partial charge in [0.15, 0.2) is 0 Å². The summed E-state index contributed by atoms with van der Waals surface area (Å²) in [5.41, 5.74) is 0.837. The Balaban J connectivity index is 1.84. The lowest BCUT2D eigenvalue weighted by molar-refractivity contribution is -0.114. The summed E-state index contributed by atoms with van der Waals surface area (Å²) in [6.07, 6.45) is 0. The summed E-state index contributed by atoms with van der Waals surface area (Å²) in [6.45, 7) is 1.43. The molecule has 9 heteroatoms. The number of benzene rings is 3. The van der Waals surface area contributed by atoms with Crippen molar-refractivity contribution in [3.63, 3.8) is 0 Å². The highest BCUT2D eigenvalue weighted by atomic mass is 35.5. The first-order valence-electron chi connectivity index (χ1n) is 9.72. The van der Waals surface area contributed by atoms with Crippen LogP contribution in [-0.4, -0.2) is 33.4 Å². The molecule has 7 nitrogen and oxygen atoms in total. The molecule has 0 radical (unpaired) electrons. The van der Waals surface area contributed by atoms with Crippen molar-refractivity contribution in [1.29, 1.82) is 0 Å². The lowest BCUT2D eigenvalue weighted by atomic mass is 10.2. The van der Waals surface area contributed by atoms with Gasteiger partial charge < -0.3 is 10.1 Å². The van der Waals surface area contributed by atoms with Crippen LogP contribution in [0.4, 0.5) is 11.4 Å². The lowest BCUT2D eigenvalue weighted by Crippen LogP contribution is -2.38. The van der Waals surface area contributed by atoms with Crippen molar-refractivity contribution in [2.75, 3.05) is 22.8 Å². The van der Waals surface area contributed by atoms with Gasteiger partial charge in [0.1, 0.15) is 6.54 Å². The van der Waals surface area contributed by atoms with Crippen molar-refractivity contribution in [2.24, 2.45) is 0 Å². The number of nitrogens with one attached hydrogen (secondary N) is 1. The first-order chi connectivity index (χ1) is 15.3. The number of amides is 1. The molecule has 0 aliphatic carbocycles. The average Bonchev–Trinajstić information content (AvgIpc) is 2.79. The number of esters is 1. The van der Waals surface area contributed by atoms with Crippen LogP contribution in [0.1, 0.15) is 17.3 Å². The predicted molar refractivity (Wildman–Crippen MR) is 123 cm³/mol. The van der Waals surface area contributed by atoms with Crippen LogP contribution in [-0.2, 0) is 19.6 Å². The number of carbonyl (C=O) groups is 2. The Morgan fingerprint density at radius 1 is 0.969 bits per heavy atom. The van der Waals surface area contributed by atoms with E-state index in [1.54, 1.807) is 55.5 Å². The van der Waals surface area contributed by atoms with E-state index in [4.69, 9.17) is 16.3 Å². The van der Waals surface area contributed by atoms with Gasteiger partial charge in [-0.1, -0.05) is 48.0 Å². The van der Waals surface area contributed by atoms with Crippen LogP contribution in [0, 0.1) is 0 Å². The van der Waals surface area contributed by atoms with Crippen molar-refractivity contribution < 1.29 is 22.7 Å². The molecule has 0 aromatic heterocycles. The molecular weight excluding hydrogens is 452 g/mol. The third kappa shape index (κ3) is 5.46. The smallest absolute Gasteiger partial charge is 0.339 e. The number of para-hydroxylation sites is 1. The van der Waals surface area contributed by atoms with Crippen LogP contribution in [0.25, 0.3) is 0 Å². The normalized spacial score (nSPS) is 10.9. The molecule has 0 fully saturated rings. The highest BCUT2D eigenvalue weighted by Crippen LogP contribution is 2.25. The molecule has 0 saturated heterocycles. The molecule has 166 valence electrons. The maximum Gasteiger partial charge on any atom is 0.339 e. The minimum absolute atomic E-state index is 0.0680. The molecule has 0 heterocycles. The third-order valence-electron chi connectivity index (χ3n) is 4.41. The fraction of sp³-hybridized carbons (Fsp3) is 0.130. The zero-order chi connectivity index (χ0) is 23.1. The maximum absolute atomic E-state index is 13.2. The predicted octanol–water partition coefficient (Wildman–Crippen LogP) is 4.35. The van der Waals surface area contributed by atoms with Crippen LogP contribution >= 0.6 is 11.6 Å². The number of ether oxygens (including phenoxy) is 1. The fourth-order valence-corrected chi connectivity index (χ4v) is 4.63. The highest BCUT2D eigenvalue weighted by Gasteiger charge is 2.27. The fourth-order valence-electron chi connectivity index (χ4n) is 2.93. The third-order valence-corrected chi connectivity index (χ3v) is 6.51. The summed E-state index contributed by atoms with van der Waals surface area (Å²) in [4.78, 5) is 24.7. The molecular formula is C23H21ClN2O5S. The number of sulfonamides is 1. The molecule has 3 rings (SSSR count). The quantitative estimate of drug-likeness (QED) is 0.492. The van der Waals surface area contributed by atoms with Crippen LogP contribution in [0.5, 0.6) is 0 Å². The van der Waals surface area contributed by atoms with E-state index in [1.807, 2.05) is 0 Å². The lowest BCUT2D eigenvalue weighted by Gasteiger charge is -2.24. The van der Waals surface area contributed by atoms with Gasteiger partial charge in [-0.3, -0.25) is 9.10 Å². The van der Waals surface area contributed by atoms with Gasteiger partial charge in [0.2, 0.25) is 5.91 Å². The van der Waals surface area contributed by atoms with E-state index in [0.29, 0.717) is 11.4 Å². The van der Waals surface area contributed by atoms with E-state index >= 15 is 0 Å². The number of carbonyl (C=O) groups excluding carboxylic acids is 2. The van der Waals surface area contributed by atoms with E-state index in [9.17, 15) is 18.0 Å². The average molecular weight is 473 g/mol. The number of hydrogen-bond donors (Lipinski definition) is 1. The first kappa shape index (κ1) is 23.3. The Hall–Kier alpha value is -3.36. The summed E-state index contributed by atoms with van der Waals surface area (Å²) in [5, 5.41) is 2.73. The molecule has 0 aliphatic heterocycles. The van der Waals surface area contributed by atoms with Crippen LogP contribution in [0.15, 0.2) is 83.8 Å². The zero-order valence-corrected chi connectivity index (χ0v) is 18.8. The molecule has 1 N–H and O–H groups in total. The van der Waals surface area contributed by atoms with Crippen molar-refractivity contribution in [1.82, 2.24) is 0 Å². The molecule has 0 atom stereocenters. The largest absolute Gasteiger partial charge is 0.462 e. The number of rotatable bonds is 8. The summed E-state index contributed by atoms with van der Waals surface area (Å²) in [5.74, 6) is -1.15. The van der Waals surface area contributed by atoms with Crippen LogP contribution < -0.4 is 9.62 Å². The van der Waals surface area contributed by atoms with Crippen molar-refractivity contribution in [3.8, 4) is 0 Å². The Kier molecular flexibility index (Phi) is 7.50. The standard InChI is InChI=1S/C23H21ClN2O5S/c1-2-31-23(28)20-14-13-17(15-21(20)24)25-22(27)16-26(18-9-5-3-6-10-18)32(29,30)19-11-7-4-8-12-19/h3-15H,2,16H2,1H3,(H,25,27). The van der Waals surface area contributed by atoms with Gasteiger partial charge in [-0.25, -0.2) is 13.2 Å². The SMILES string of the molecule is CCOC(=O)c1ccc(NC(=O)CN(c2ccccc2)S(=O)(=O)c2ccccc2)cc1Cl. The van der Waals surface area contributed by atoms with Crippen molar-refractivity contribution in [2.45, 2.75) is 11.8 Å². The van der Waals surface area contributed by atoms with E-state index < -0.39 is 28.4 Å². The van der Waals surface area contributed by atoms with Gasteiger partial charge in [0.05, 0.1) is 27.8 Å². The summed E-state index contributed by atoms with van der Waals surface area (Å²) < 4.78 is 32.4. The second-order valence-electron chi connectivity index (χ2n) is 6.62. The molecule has 3 aromatic rings. The number of anilines is 2. The van der Waals surface area contributed by atoms with Crippen molar-refractivity contribution in [3.05, 3.63) is 89.4 Å². The van der Waals surface area contributed by atoms with Gasteiger partial charge in [-0.2, -0.15) is 0 Å². The molecule has 1 amide bonds. The van der Waals surface area contributed by atoms with Crippen LogP contribution in [0.3, 0.4) is 0 Å². The maximum atomic E-state index is 13.2. The molecule has 0 spiro atoms. The molecule has 0 aliphatic rings. The first-order valence-corrected chi connectivity index (χ1v) is 11.5. The summed E-state index contributed by atoms with van der Waals surface area (Å²) in [7, 11) is -3.99. The van der Waals surface area contributed by atoms with Gasteiger partial charge in [0.25, 0.3) is 10.0 Å². The molecule has 0 bridgehead atoms.